The van der Waals surface area contributed by atoms with Gasteiger partial charge in [-0.3, -0.25) is 0 Å². The molecular weight excluding hydrogens is 637 g/mol. The van der Waals surface area contributed by atoms with Crippen LogP contribution >= 0.6 is 11.3 Å². The number of fused-ring (bicyclic) bond motifs is 8. The van der Waals surface area contributed by atoms with Crippen molar-refractivity contribution in [2.75, 3.05) is 4.90 Å². The van der Waals surface area contributed by atoms with E-state index in [0.717, 1.165) is 33.1 Å². The number of hydrogen-bond acceptors (Lipinski definition) is 3. The fourth-order valence-electron chi connectivity index (χ4n) is 8.08. The predicted molar refractivity (Wildman–Crippen MR) is 218 cm³/mol. The highest BCUT2D eigenvalue weighted by Crippen LogP contribution is 2.50. The topological polar surface area (TPSA) is 16.1 Å². The van der Waals surface area contributed by atoms with Crippen molar-refractivity contribution >= 4 is 60.2 Å². The van der Waals surface area contributed by atoms with Gasteiger partial charge in [-0.1, -0.05) is 135 Å². The van der Waals surface area contributed by atoms with E-state index in [1.165, 1.54) is 59.6 Å². The fourth-order valence-corrected chi connectivity index (χ4v) is 9.06. The number of aromatic nitrogens is 1. The third-order valence-corrected chi connectivity index (χ3v) is 11.7. The Morgan fingerprint density at radius 3 is 1.96 bits per heavy atom. The van der Waals surface area contributed by atoms with Crippen molar-refractivity contribution in [3.05, 3.63) is 181 Å². The highest BCUT2D eigenvalue weighted by atomic mass is 32.1. The van der Waals surface area contributed by atoms with E-state index in [-0.39, 0.29) is 5.41 Å². The standard InChI is InChI=1S/C48H34N2S/c1-48(2)42-16-10-9-15-40(42)41-27-25-38(30-43(41)48)50(36-13-7-4-8-14-36)37-23-19-31(20-24-37)34-21-26-39-35(29-34)18-17-32-22-28-44-46(45(32)39)49-47(51-44)33-11-5-3-6-12-33/h3-30H,1-2H3. The first kappa shape index (κ1) is 29.8. The molecule has 0 atom stereocenters. The van der Waals surface area contributed by atoms with Crippen molar-refractivity contribution in [1.82, 2.24) is 4.98 Å². The molecule has 3 heteroatoms. The minimum absolute atomic E-state index is 0.0645. The second-order valence-electron chi connectivity index (χ2n) is 14.0. The van der Waals surface area contributed by atoms with Crippen LogP contribution in [0.3, 0.4) is 0 Å². The Kier molecular flexibility index (Phi) is 6.74. The SMILES string of the molecule is CC1(C)c2ccccc2-c2ccc(N(c3ccccc3)c3ccc(-c4ccc5c(ccc6ccc7sc(-c8ccccc8)nc7c65)c4)cc3)cc21. The van der Waals surface area contributed by atoms with Gasteiger partial charge in [-0.05, 0) is 98.1 Å². The van der Waals surface area contributed by atoms with E-state index in [4.69, 9.17) is 4.98 Å². The number of rotatable bonds is 5. The molecule has 242 valence electrons. The summed E-state index contributed by atoms with van der Waals surface area (Å²) in [5, 5.41) is 5.96. The monoisotopic (exact) mass is 670 g/mol. The number of anilines is 3. The molecule has 0 unspecified atom stereocenters. The molecule has 0 N–H and O–H groups in total. The van der Waals surface area contributed by atoms with Crippen molar-refractivity contribution in [2.24, 2.45) is 0 Å². The lowest BCUT2D eigenvalue weighted by Gasteiger charge is -2.28. The zero-order valence-electron chi connectivity index (χ0n) is 28.5. The summed E-state index contributed by atoms with van der Waals surface area (Å²) in [4.78, 5) is 7.54. The van der Waals surface area contributed by atoms with Crippen molar-refractivity contribution in [2.45, 2.75) is 19.3 Å². The first-order valence-electron chi connectivity index (χ1n) is 17.5. The summed E-state index contributed by atoms with van der Waals surface area (Å²) < 4.78 is 1.22. The van der Waals surface area contributed by atoms with Crippen LogP contribution in [0.2, 0.25) is 0 Å². The van der Waals surface area contributed by atoms with E-state index in [1.54, 1.807) is 11.3 Å². The molecule has 1 aromatic heterocycles. The summed E-state index contributed by atoms with van der Waals surface area (Å²) in [6, 6.07) is 61.8. The molecule has 0 aliphatic heterocycles. The molecule has 2 nitrogen and oxygen atoms in total. The minimum Gasteiger partial charge on any atom is -0.310 e. The maximum absolute atomic E-state index is 5.17. The molecule has 0 saturated heterocycles. The van der Waals surface area contributed by atoms with Gasteiger partial charge in [0, 0.05) is 33.4 Å². The predicted octanol–water partition coefficient (Wildman–Crippen LogP) is 13.7. The molecule has 1 aliphatic rings. The lowest BCUT2D eigenvalue weighted by atomic mass is 9.82. The lowest BCUT2D eigenvalue weighted by Crippen LogP contribution is -2.16. The van der Waals surface area contributed by atoms with Crippen LogP contribution in [0.4, 0.5) is 17.1 Å². The summed E-state index contributed by atoms with van der Waals surface area (Å²) in [5.74, 6) is 0. The Bertz CT molecular complexity index is 2760. The molecule has 9 aromatic rings. The molecule has 8 aromatic carbocycles. The van der Waals surface area contributed by atoms with E-state index in [1.807, 2.05) is 0 Å². The molecular formula is C48H34N2S. The van der Waals surface area contributed by atoms with Crippen LogP contribution in [0.25, 0.3) is 64.6 Å². The summed E-state index contributed by atoms with van der Waals surface area (Å²) in [6.45, 7) is 4.69. The minimum atomic E-state index is -0.0645. The molecule has 0 fully saturated rings. The maximum atomic E-state index is 5.17. The van der Waals surface area contributed by atoms with Crippen LogP contribution in [-0.2, 0) is 5.41 Å². The quantitative estimate of drug-likeness (QED) is 0.169. The molecule has 51 heavy (non-hydrogen) atoms. The first-order valence-corrected chi connectivity index (χ1v) is 18.4. The van der Waals surface area contributed by atoms with Crippen LogP contribution in [0, 0.1) is 0 Å². The third-order valence-electron chi connectivity index (χ3n) is 10.7. The summed E-state index contributed by atoms with van der Waals surface area (Å²) in [7, 11) is 0. The van der Waals surface area contributed by atoms with Gasteiger partial charge < -0.3 is 4.90 Å². The smallest absolute Gasteiger partial charge is 0.124 e. The first-order chi connectivity index (χ1) is 25.0. The van der Waals surface area contributed by atoms with Gasteiger partial charge in [0.2, 0.25) is 0 Å². The summed E-state index contributed by atoms with van der Waals surface area (Å²) in [5.41, 5.74) is 13.4. The lowest BCUT2D eigenvalue weighted by molar-refractivity contribution is 0.660. The molecule has 0 saturated carbocycles. The van der Waals surface area contributed by atoms with E-state index >= 15 is 0 Å². The highest BCUT2D eigenvalue weighted by molar-refractivity contribution is 7.21. The van der Waals surface area contributed by atoms with Crippen LogP contribution < -0.4 is 4.90 Å². The Morgan fingerprint density at radius 1 is 0.490 bits per heavy atom. The molecule has 0 amide bonds. The van der Waals surface area contributed by atoms with Crippen LogP contribution in [0.15, 0.2) is 170 Å². The molecule has 1 heterocycles. The number of nitrogens with zero attached hydrogens (tertiary/aromatic N) is 2. The Labute approximate surface area is 301 Å². The van der Waals surface area contributed by atoms with Crippen LogP contribution in [-0.4, -0.2) is 4.98 Å². The zero-order valence-corrected chi connectivity index (χ0v) is 29.3. The van der Waals surface area contributed by atoms with Gasteiger partial charge in [0.25, 0.3) is 0 Å². The van der Waals surface area contributed by atoms with Crippen molar-refractivity contribution in [1.29, 1.82) is 0 Å². The second kappa shape index (κ2) is 11.5. The van der Waals surface area contributed by atoms with Gasteiger partial charge in [-0.15, -0.1) is 11.3 Å². The summed E-state index contributed by atoms with van der Waals surface area (Å²) in [6.07, 6.45) is 0. The van der Waals surface area contributed by atoms with E-state index < -0.39 is 0 Å². The van der Waals surface area contributed by atoms with Gasteiger partial charge in [0.15, 0.2) is 0 Å². The van der Waals surface area contributed by atoms with E-state index in [0.29, 0.717) is 0 Å². The van der Waals surface area contributed by atoms with Gasteiger partial charge in [-0.25, -0.2) is 4.98 Å². The largest absolute Gasteiger partial charge is 0.310 e. The van der Waals surface area contributed by atoms with E-state index in [2.05, 4.69) is 189 Å². The van der Waals surface area contributed by atoms with Gasteiger partial charge >= 0.3 is 0 Å². The number of hydrogen-bond donors (Lipinski definition) is 0. The van der Waals surface area contributed by atoms with Gasteiger partial charge in [-0.2, -0.15) is 0 Å². The second-order valence-corrected chi connectivity index (χ2v) is 15.0. The molecule has 0 spiro atoms. The Balaban J connectivity index is 1.03. The molecule has 0 bridgehead atoms. The Hall–Kier alpha value is -6.03. The highest BCUT2D eigenvalue weighted by Gasteiger charge is 2.35. The van der Waals surface area contributed by atoms with Crippen LogP contribution in [0.5, 0.6) is 0 Å². The third kappa shape index (κ3) is 4.80. The van der Waals surface area contributed by atoms with Crippen molar-refractivity contribution in [3.63, 3.8) is 0 Å². The average Bonchev–Trinajstić information content (AvgIpc) is 3.72. The van der Waals surface area contributed by atoms with Gasteiger partial charge in [0.1, 0.15) is 5.01 Å². The normalized spacial score (nSPS) is 13.1. The van der Waals surface area contributed by atoms with Crippen LogP contribution in [0.1, 0.15) is 25.0 Å². The number of para-hydroxylation sites is 1. The van der Waals surface area contributed by atoms with Gasteiger partial charge in [0.05, 0.1) is 10.2 Å². The molecule has 10 rings (SSSR count). The van der Waals surface area contributed by atoms with Crippen molar-refractivity contribution < 1.29 is 0 Å². The zero-order chi connectivity index (χ0) is 34.1. The molecule has 0 radical (unpaired) electrons. The van der Waals surface area contributed by atoms with Crippen molar-refractivity contribution in [3.8, 4) is 32.8 Å². The molecule has 1 aliphatic carbocycles. The average molecular weight is 671 g/mol. The number of thiazole rings is 1. The van der Waals surface area contributed by atoms with E-state index in [9.17, 15) is 0 Å². The number of benzene rings is 8. The Morgan fingerprint density at radius 2 is 1.14 bits per heavy atom. The summed E-state index contributed by atoms with van der Waals surface area (Å²) >= 11 is 1.76. The fraction of sp³-hybridized carbons (Fsp3) is 0.0625. The maximum Gasteiger partial charge on any atom is 0.124 e.